The van der Waals surface area contributed by atoms with Crippen molar-refractivity contribution in [2.24, 2.45) is 14.1 Å². The van der Waals surface area contributed by atoms with Gasteiger partial charge in [0.15, 0.2) is 0 Å². The highest BCUT2D eigenvalue weighted by Crippen LogP contribution is 2.47. The Labute approximate surface area is 372 Å². The molecule has 0 N–H and O–H groups in total. The summed E-state index contributed by atoms with van der Waals surface area (Å²) in [6.07, 6.45) is 0. The van der Waals surface area contributed by atoms with E-state index in [1.807, 2.05) is 0 Å². The predicted molar refractivity (Wildman–Crippen MR) is 272 cm³/mol. The highest BCUT2D eigenvalue weighted by Gasteiger charge is 2.24. The SMILES string of the molecule is Cn1c2cc(N(c3ccccc3)c3ccc(-c4ccccc4)cc3)ccc2c2c3ccccc3c3c4ccc(N(c5ccccc5)c5ccc(-c6ccccc6)cc5)cc4n(C)c3c21. The van der Waals surface area contributed by atoms with Gasteiger partial charge in [0.25, 0.3) is 0 Å². The lowest BCUT2D eigenvalue weighted by Crippen LogP contribution is -2.10. The molecule has 2 heterocycles. The maximum Gasteiger partial charge on any atom is 0.0742 e. The number of rotatable bonds is 8. The van der Waals surface area contributed by atoms with Gasteiger partial charge in [-0.1, -0.05) is 158 Å². The molecule has 12 rings (SSSR count). The van der Waals surface area contributed by atoms with Gasteiger partial charge in [-0.2, -0.15) is 0 Å². The Morgan fingerprint density at radius 1 is 0.266 bits per heavy atom. The Balaban J connectivity index is 1.04. The molecule has 0 radical (unpaired) electrons. The second-order valence-corrected chi connectivity index (χ2v) is 16.7. The largest absolute Gasteiger partial charge is 0.342 e. The Morgan fingerprint density at radius 3 is 0.938 bits per heavy atom. The lowest BCUT2D eigenvalue weighted by molar-refractivity contribution is 0.986. The molecule has 0 aliphatic rings. The van der Waals surface area contributed by atoms with Gasteiger partial charge in [-0.15, -0.1) is 0 Å². The molecule has 4 heteroatoms. The fraction of sp³-hybridized carbons (Fsp3) is 0.0333. The first kappa shape index (κ1) is 37.4. The molecule has 0 atom stereocenters. The fourth-order valence-electron chi connectivity index (χ4n) is 10.1. The van der Waals surface area contributed by atoms with E-state index in [2.05, 4.69) is 264 Å². The van der Waals surface area contributed by atoms with Crippen LogP contribution in [0.5, 0.6) is 0 Å². The maximum absolute atomic E-state index is 2.43. The average molecular weight is 821 g/mol. The highest BCUT2D eigenvalue weighted by atomic mass is 15.2. The van der Waals surface area contributed by atoms with Crippen molar-refractivity contribution in [2.75, 3.05) is 9.80 Å². The van der Waals surface area contributed by atoms with Crippen LogP contribution in [0.1, 0.15) is 0 Å². The van der Waals surface area contributed by atoms with Gasteiger partial charge in [0.2, 0.25) is 0 Å². The molecule has 0 unspecified atom stereocenters. The van der Waals surface area contributed by atoms with E-state index in [0.29, 0.717) is 0 Å². The molecular weight excluding hydrogens is 777 g/mol. The molecule has 4 nitrogen and oxygen atoms in total. The van der Waals surface area contributed by atoms with Gasteiger partial charge >= 0.3 is 0 Å². The summed E-state index contributed by atoms with van der Waals surface area (Å²) in [5, 5.41) is 7.57. The summed E-state index contributed by atoms with van der Waals surface area (Å²) in [5.74, 6) is 0. The van der Waals surface area contributed by atoms with Crippen LogP contribution in [0.25, 0.3) is 76.6 Å². The topological polar surface area (TPSA) is 16.3 Å². The van der Waals surface area contributed by atoms with Crippen LogP contribution >= 0.6 is 0 Å². The fourth-order valence-corrected chi connectivity index (χ4v) is 10.1. The van der Waals surface area contributed by atoms with Gasteiger partial charge in [0.1, 0.15) is 0 Å². The Kier molecular flexibility index (Phi) is 8.91. The van der Waals surface area contributed by atoms with E-state index in [4.69, 9.17) is 0 Å². The van der Waals surface area contributed by atoms with Gasteiger partial charge in [-0.05, 0) is 106 Å². The van der Waals surface area contributed by atoms with E-state index in [1.165, 1.54) is 76.6 Å². The minimum absolute atomic E-state index is 1.11. The Morgan fingerprint density at radius 2 is 0.562 bits per heavy atom. The summed E-state index contributed by atoms with van der Waals surface area (Å²) in [5.41, 5.74) is 16.3. The van der Waals surface area contributed by atoms with Crippen LogP contribution in [-0.2, 0) is 14.1 Å². The third-order valence-corrected chi connectivity index (χ3v) is 13.1. The molecular formula is C60H44N4. The van der Waals surface area contributed by atoms with E-state index in [9.17, 15) is 0 Å². The van der Waals surface area contributed by atoms with Crippen LogP contribution in [0, 0.1) is 0 Å². The van der Waals surface area contributed by atoms with Gasteiger partial charge < -0.3 is 18.9 Å². The highest BCUT2D eigenvalue weighted by molar-refractivity contribution is 6.36. The lowest BCUT2D eigenvalue weighted by atomic mass is 9.98. The molecule has 2 aromatic heterocycles. The molecule has 304 valence electrons. The smallest absolute Gasteiger partial charge is 0.0742 e. The Bertz CT molecular complexity index is 3400. The van der Waals surface area contributed by atoms with Crippen molar-refractivity contribution in [2.45, 2.75) is 0 Å². The summed E-state index contributed by atoms with van der Waals surface area (Å²) in [4.78, 5) is 4.73. The number of hydrogen-bond donors (Lipinski definition) is 0. The molecule has 0 spiro atoms. The number of nitrogens with zero attached hydrogens (tertiary/aromatic N) is 4. The second-order valence-electron chi connectivity index (χ2n) is 16.7. The second kappa shape index (κ2) is 15.2. The third kappa shape index (κ3) is 6.06. The van der Waals surface area contributed by atoms with Crippen LogP contribution in [0.2, 0.25) is 0 Å². The molecule has 0 saturated carbocycles. The number of aryl methyl sites for hydroxylation is 2. The van der Waals surface area contributed by atoms with Crippen LogP contribution in [-0.4, -0.2) is 9.13 Å². The van der Waals surface area contributed by atoms with Gasteiger partial charge in [-0.25, -0.2) is 0 Å². The zero-order valence-corrected chi connectivity index (χ0v) is 35.7. The maximum atomic E-state index is 2.43. The quantitative estimate of drug-likeness (QED) is 0.152. The Hall–Kier alpha value is -8.34. The summed E-state index contributed by atoms with van der Waals surface area (Å²) in [7, 11) is 4.48. The minimum Gasteiger partial charge on any atom is -0.342 e. The monoisotopic (exact) mass is 820 g/mol. The van der Waals surface area contributed by atoms with Crippen molar-refractivity contribution >= 4 is 88.5 Å². The normalized spacial score (nSPS) is 11.6. The van der Waals surface area contributed by atoms with Gasteiger partial charge in [0, 0.05) is 69.8 Å². The first-order valence-electron chi connectivity index (χ1n) is 22.0. The summed E-state index contributed by atoms with van der Waals surface area (Å²) >= 11 is 0. The van der Waals surface area contributed by atoms with Crippen LogP contribution in [0.4, 0.5) is 34.1 Å². The summed E-state index contributed by atoms with van der Waals surface area (Å²) in [6.45, 7) is 0. The number of anilines is 6. The van der Waals surface area contributed by atoms with E-state index in [0.717, 1.165) is 34.1 Å². The standard InChI is InChI=1S/C60H44N4/c1-61-55-39-49(63(45-21-11-5-12-22-45)47-31-27-43(28-32-47)41-17-7-3-8-18-41)35-37-53(55)57-51-25-15-16-26-52(51)58-54-38-36-50(40-56(54)62(2)60(58)59(57)61)64(46-23-13-6-14-24-46)48-33-29-44(30-34-48)42-19-9-4-10-20-42/h3-40H,1-2H3. The number of para-hydroxylation sites is 2. The number of aromatic nitrogens is 2. The van der Waals surface area contributed by atoms with Crippen molar-refractivity contribution < 1.29 is 0 Å². The molecule has 0 fully saturated rings. The number of hydrogen-bond acceptors (Lipinski definition) is 2. The van der Waals surface area contributed by atoms with Crippen LogP contribution in [0.15, 0.2) is 231 Å². The summed E-state index contributed by atoms with van der Waals surface area (Å²) in [6, 6.07) is 83.4. The van der Waals surface area contributed by atoms with Crippen molar-refractivity contribution in [1.29, 1.82) is 0 Å². The van der Waals surface area contributed by atoms with Crippen LogP contribution in [0.3, 0.4) is 0 Å². The van der Waals surface area contributed by atoms with Crippen molar-refractivity contribution in [1.82, 2.24) is 9.13 Å². The van der Waals surface area contributed by atoms with E-state index in [-0.39, 0.29) is 0 Å². The lowest BCUT2D eigenvalue weighted by Gasteiger charge is -2.26. The summed E-state index contributed by atoms with van der Waals surface area (Å²) < 4.78 is 4.85. The minimum atomic E-state index is 1.11. The molecule has 0 aliphatic carbocycles. The van der Waals surface area contributed by atoms with E-state index in [1.54, 1.807) is 0 Å². The van der Waals surface area contributed by atoms with Crippen molar-refractivity contribution in [3.8, 4) is 22.3 Å². The third-order valence-electron chi connectivity index (χ3n) is 13.1. The van der Waals surface area contributed by atoms with Gasteiger partial charge in [-0.3, -0.25) is 0 Å². The van der Waals surface area contributed by atoms with E-state index < -0.39 is 0 Å². The van der Waals surface area contributed by atoms with Crippen molar-refractivity contribution in [3.63, 3.8) is 0 Å². The zero-order valence-electron chi connectivity index (χ0n) is 35.7. The first-order valence-corrected chi connectivity index (χ1v) is 22.0. The average Bonchev–Trinajstić information content (AvgIpc) is 3.82. The molecule has 0 saturated heterocycles. The molecule has 0 bridgehead atoms. The van der Waals surface area contributed by atoms with Gasteiger partial charge in [0.05, 0.1) is 22.1 Å². The van der Waals surface area contributed by atoms with E-state index >= 15 is 0 Å². The number of fused-ring (bicyclic) bond motifs is 10. The van der Waals surface area contributed by atoms with Crippen molar-refractivity contribution in [3.05, 3.63) is 231 Å². The first-order chi connectivity index (χ1) is 31.6. The molecule has 0 aliphatic heterocycles. The molecule has 10 aromatic carbocycles. The zero-order chi connectivity index (χ0) is 42.7. The molecule has 0 amide bonds. The molecule has 12 aromatic rings. The predicted octanol–water partition coefficient (Wildman–Crippen LogP) is 16.4. The molecule has 64 heavy (non-hydrogen) atoms. The van der Waals surface area contributed by atoms with Crippen LogP contribution < -0.4 is 9.80 Å². The number of benzene rings is 10.